The first-order valence-corrected chi connectivity index (χ1v) is 12.2. The third-order valence-corrected chi connectivity index (χ3v) is 6.66. The second-order valence-electron chi connectivity index (χ2n) is 8.28. The van der Waals surface area contributed by atoms with Crippen LogP contribution in [0.1, 0.15) is 32.8 Å². The van der Waals surface area contributed by atoms with Crippen molar-refractivity contribution in [2.45, 2.75) is 26.4 Å². The standard InChI is InChI=1S/C26H28FN3O5S/c1-19-12-15-36-24(19)17-29(16-20-4-8-22(27)9-5-20)25(31)18-28(13-3-14-35-2)26(32)21-6-10-23(11-7-21)30(33)34/h4-12,15H,3,13-14,16-18H2,1-2H3. The van der Waals surface area contributed by atoms with Gasteiger partial charge >= 0.3 is 0 Å². The predicted molar refractivity (Wildman–Crippen MR) is 135 cm³/mol. The second kappa shape index (κ2) is 12.9. The van der Waals surface area contributed by atoms with Crippen molar-refractivity contribution in [1.29, 1.82) is 0 Å². The number of ether oxygens (including phenoxy) is 1. The summed E-state index contributed by atoms with van der Waals surface area (Å²) in [4.78, 5) is 41.3. The Kier molecular flexibility index (Phi) is 9.66. The molecule has 0 saturated heterocycles. The molecule has 3 rings (SSSR count). The monoisotopic (exact) mass is 513 g/mol. The minimum absolute atomic E-state index is 0.120. The van der Waals surface area contributed by atoms with Gasteiger partial charge in [-0.05, 0) is 60.2 Å². The number of nitrogens with zero attached hydrogens (tertiary/aromatic N) is 3. The van der Waals surface area contributed by atoms with Crippen molar-refractivity contribution >= 4 is 28.8 Å². The minimum Gasteiger partial charge on any atom is -0.385 e. The van der Waals surface area contributed by atoms with Gasteiger partial charge in [0, 0.05) is 49.4 Å². The lowest BCUT2D eigenvalue weighted by molar-refractivity contribution is -0.384. The number of non-ortho nitro benzene ring substituents is 1. The maximum atomic E-state index is 13.5. The van der Waals surface area contributed by atoms with Crippen LogP contribution in [-0.2, 0) is 22.6 Å². The zero-order valence-corrected chi connectivity index (χ0v) is 21.0. The van der Waals surface area contributed by atoms with Crippen molar-refractivity contribution < 1.29 is 23.6 Å². The van der Waals surface area contributed by atoms with Gasteiger partial charge in [0.2, 0.25) is 5.91 Å². The van der Waals surface area contributed by atoms with Crippen molar-refractivity contribution in [2.75, 3.05) is 26.8 Å². The van der Waals surface area contributed by atoms with Gasteiger partial charge in [-0.15, -0.1) is 11.3 Å². The number of halogens is 1. The highest BCUT2D eigenvalue weighted by Crippen LogP contribution is 2.20. The fraction of sp³-hybridized carbons (Fsp3) is 0.308. The average molecular weight is 514 g/mol. The van der Waals surface area contributed by atoms with Crippen molar-refractivity contribution in [3.05, 3.63) is 97.5 Å². The fourth-order valence-corrected chi connectivity index (χ4v) is 4.53. The lowest BCUT2D eigenvalue weighted by Gasteiger charge is -2.28. The van der Waals surface area contributed by atoms with Gasteiger partial charge in [0.05, 0.1) is 11.5 Å². The van der Waals surface area contributed by atoms with Crippen molar-refractivity contribution in [3.8, 4) is 0 Å². The quantitative estimate of drug-likeness (QED) is 0.197. The number of nitro benzene ring substituents is 1. The molecule has 0 aliphatic rings. The van der Waals surface area contributed by atoms with Crippen molar-refractivity contribution in [1.82, 2.24) is 9.80 Å². The molecule has 0 saturated carbocycles. The molecule has 10 heteroatoms. The number of aryl methyl sites for hydroxylation is 1. The Labute approximate surface area is 213 Å². The van der Waals surface area contributed by atoms with Gasteiger partial charge in [0.15, 0.2) is 0 Å². The Morgan fingerprint density at radius 2 is 1.72 bits per heavy atom. The van der Waals surface area contributed by atoms with E-state index in [4.69, 9.17) is 4.74 Å². The van der Waals surface area contributed by atoms with E-state index >= 15 is 0 Å². The molecule has 0 spiro atoms. The molecule has 1 aromatic heterocycles. The Bertz CT molecular complexity index is 1180. The third-order valence-electron chi connectivity index (χ3n) is 5.66. The molecule has 0 aliphatic carbocycles. The third kappa shape index (κ3) is 7.43. The normalized spacial score (nSPS) is 10.8. The van der Waals surface area contributed by atoms with Gasteiger partial charge in [-0.25, -0.2) is 4.39 Å². The number of amides is 2. The number of rotatable bonds is 12. The summed E-state index contributed by atoms with van der Waals surface area (Å²) in [6, 6.07) is 13.3. The first kappa shape index (κ1) is 27.0. The van der Waals surface area contributed by atoms with E-state index in [1.165, 1.54) is 41.3 Å². The van der Waals surface area contributed by atoms with Crippen LogP contribution in [0.3, 0.4) is 0 Å². The first-order valence-electron chi connectivity index (χ1n) is 11.4. The molecule has 0 N–H and O–H groups in total. The summed E-state index contributed by atoms with van der Waals surface area (Å²) in [6.07, 6.45) is 0.518. The smallest absolute Gasteiger partial charge is 0.269 e. The highest BCUT2D eigenvalue weighted by molar-refractivity contribution is 7.10. The molecule has 3 aromatic rings. The fourth-order valence-electron chi connectivity index (χ4n) is 3.61. The molecule has 0 bridgehead atoms. The van der Waals surface area contributed by atoms with Crippen LogP contribution in [0.25, 0.3) is 0 Å². The number of thiophene rings is 1. The molecular weight excluding hydrogens is 485 g/mol. The van der Waals surface area contributed by atoms with Crippen LogP contribution in [0.4, 0.5) is 10.1 Å². The molecule has 0 aliphatic heterocycles. The van der Waals surface area contributed by atoms with E-state index in [0.717, 1.165) is 16.0 Å². The maximum Gasteiger partial charge on any atom is 0.269 e. The summed E-state index contributed by atoms with van der Waals surface area (Å²) >= 11 is 1.54. The highest BCUT2D eigenvalue weighted by Gasteiger charge is 2.24. The molecule has 2 aromatic carbocycles. The van der Waals surface area contributed by atoms with E-state index in [-0.39, 0.29) is 42.6 Å². The van der Waals surface area contributed by atoms with E-state index < -0.39 is 10.8 Å². The zero-order chi connectivity index (χ0) is 26.1. The molecule has 8 nitrogen and oxygen atoms in total. The van der Waals surface area contributed by atoms with Crippen LogP contribution in [0, 0.1) is 22.9 Å². The van der Waals surface area contributed by atoms with Crippen LogP contribution < -0.4 is 0 Å². The number of methoxy groups -OCH3 is 1. The second-order valence-corrected chi connectivity index (χ2v) is 9.28. The highest BCUT2D eigenvalue weighted by atomic mass is 32.1. The van der Waals surface area contributed by atoms with Gasteiger partial charge in [-0.1, -0.05) is 12.1 Å². The van der Waals surface area contributed by atoms with Crippen LogP contribution in [-0.4, -0.2) is 53.3 Å². The molecule has 1 heterocycles. The Hall–Kier alpha value is -3.63. The van der Waals surface area contributed by atoms with Crippen LogP contribution in [0.15, 0.2) is 60.0 Å². The average Bonchev–Trinajstić information content (AvgIpc) is 3.28. The summed E-state index contributed by atoms with van der Waals surface area (Å²) < 4.78 is 18.5. The molecule has 0 fully saturated rings. The number of carbonyl (C=O) groups is 2. The van der Waals surface area contributed by atoms with E-state index in [1.54, 1.807) is 35.5 Å². The van der Waals surface area contributed by atoms with E-state index in [0.29, 0.717) is 19.6 Å². The van der Waals surface area contributed by atoms with E-state index in [9.17, 15) is 24.1 Å². The molecule has 0 atom stereocenters. The maximum absolute atomic E-state index is 13.5. The number of hydrogen-bond acceptors (Lipinski definition) is 6. The van der Waals surface area contributed by atoms with E-state index in [2.05, 4.69) is 0 Å². The molecule has 0 unspecified atom stereocenters. The summed E-state index contributed by atoms with van der Waals surface area (Å²) in [5, 5.41) is 12.9. The molecule has 2 amide bonds. The van der Waals surface area contributed by atoms with Crippen LogP contribution >= 0.6 is 11.3 Å². The molecule has 36 heavy (non-hydrogen) atoms. The molecule has 0 radical (unpaired) electrons. The summed E-state index contributed by atoms with van der Waals surface area (Å²) in [6.45, 7) is 3.10. The topological polar surface area (TPSA) is 93.0 Å². The SMILES string of the molecule is COCCCN(CC(=O)N(Cc1ccc(F)cc1)Cc1sccc1C)C(=O)c1ccc([N+](=O)[O-])cc1. The summed E-state index contributed by atoms with van der Waals surface area (Å²) in [7, 11) is 1.56. The minimum atomic E-state index is -0.534. The number of benzene rings is 2. The first-order chi connectivity index (χ1) is 17.3. The van der Waals surface area contributed by atoms with Crippen LogP contribution in [0.2, 0.25) is 0 Å². The Morgan fingerprint density at radius 1 is 1.03 bits per heavy atom. The van der Waals surface area contributed by atoms with Gasteiger partial charge in [0.1, 0.15) is 12.4 Å². The van der Waals surface area contributed by atoms with E-state index in [1.807, 2.05) is 18.4 Å². The zero-order valence-electron chi connectivity index (χ0n) is 20.2. The van der Waals surface area contributed by atoms with Gasteiger partial charge in [-0.3, -0.25) is 19.7 Å². The number of carbonyl (C=O) groups excluding carboxylic acids is 2. The number of hydrogen-bond donors (Lipinski definition) is 0. The largest absolute Gasteiger partial charge is 0.385 e. The Morgan fingerprint density at radius 3 is 2.31 bits per heavy atom. The lowest BCUT2D eigenvalue weighted by atomic mass is 10.1. The number of nitro groups is 1. The summed E-state index contributed by atoms with van der Waals surface area (Å²) in [5.74, 6) is -1.02. The van der Waals surface area contributed by atoms with Gasteiger partial charge in [-0.2, -0.15) is 0 Å². The van der Waals surface area contributed by atoms with Crippen molar-refractivity contribution in [2.24, 2.45) is 0 Å². The van der Waals surface area contributed by atoms with Crippen LogP contribution in [0.5, 0.6) is 0 Å². The predicted octanol–water partition coefficient (Wildman–Crippen LogP) is 4.81. The van der Waals surface area contributed by atoms with Gasteiger partial charge in [0.25, 0.3) is 11.6 Å². The van der Waals surface area contributed by atoms with Gasteiger partial charge < -0.3 is 14.5 Å². The molecule has 190 valence electrons. The summed E-state index contributed by atoms with van der Waals surface area (Å²) in [5.41, 5.74) is 1.97. The molecular formula is C26H28FN3O5S. The lowest BCUT2D eigenvalue weighted by Crippen LogP contribution is -2.43. The Balaban J connectivity index is 1.82. The van der Waals surface area contributed by atoms with Crippen molar-refractivity contribution in [3.63, 3.8) is 0 Å².